The lowest BCUT2D eigenvalue weighted by molar-refractivity contribution is -0.131. The summed E-state index contributed by atoms with van der Waals surface area (Å²) >= 11 is 0. The number of nitrogens with one attached hydrogen (secondary N) is 1. The van der Waals surface area contributed by atoms with Crippen molar-refractivity contribution in [2.75, 3.05) is 5.32 Å². The summed E-state index contributed by atoms with van der Waals surface area (Å²) in [5, 5.41) is 11.1. The second-order valence-corrected chi connectivity index (χ2v) is 4.27. The van der Waals surface area contributed by atoms with Gasteiger partial charge >= 0.3 is 5.97 Å². The lowest BCUT2D eigenvalue weighted by Crippen LogP contribution is -2.11. The molecule has 0 unspecified atom stereocenters. The molecule has 1 aromatic heterocycles. The number of amides is 1. The van der Waals surface area contributed by atoms with Crippen molar-refractivity contribution >= 4 is 23.6 Å². The van der Waals surface area contributed by atoms with Gasteiger partial charge in [-0.05, 0) is 43.3 Å². The van der Waals surface area contributed by atoms with Crippen LogP contribution in [0.2, 0.25) is 0 Å². The SMILES string of the molecule is Cc1ccc(C(=O)Nc2ccc(F)c(/C=C/C(=O)O)c2)o1. The van der Waals surface area contributed by atoms with Crippen LogP contribution in [0.15, 0.2) is 40.8 Å². The molecule has 0 aliphatic rings. The van der Waals surface area contributed by atoms with E-state index in [1.165, 1.54) is 18.2 Å². The minimum atomic E-state index is -1.19. The van der Waals surface area contributed by atoms with Crippen LogP contribution in [0.4, 0.5) is 10.1 Å². The molecule has 0 spiro atoms. The number of carboxylic acids is 1. The lowest BCUT2D eigenvalue weighted by atomic mass is 10.1. The fourth-order valence-corrected chi connectivity index (χ4v) is 1.66. The Morgan fingerprint density at radius 2 is 2.05 bits per heavy atom. The van der Waals surface area contributed by atoms with E-state index in [2.05, 4.69) is 5.32 Å². The molecule has 0 aliphatic heterocycles. The number of halogens is 1. The number of benzene rings is 1. The molecular formula is C15H12FNO4. The molecule has 0 atom stereocenters. The summed E-state index contributed by atoms with van der Waals surface area (Å²) < 4.78 is 18.7. The van der Waals surface area contributed by atoms with Crippen LogP contribution in [0.3, 0.4) is 0 Å². The zero-order chi connectivity index (χ0) is 15.4. The topological polar surface area (TPSA) is 79.5 Å². The zero-order valence-electron chi connectivity index (χ0n) is 11.1. The highest BCUT2D eigenvalue weighted by atomic mass is 19.1. The third kappa shape index (κ3) is 3.79. The van der Waals surface area contributed by atoms with Crippen LogP contribution in [0.1, 0.15) is 21.9 Å². The molecule has 1 aromatic carbocycles. The van der Waals surface area contributed by atoms with E-state index in [0.29, 0.717) is 11.4 Å². The van der Waals surface area contributed by atoms with Gasteiger partial charge in [-0.2, -0.15) is 0 Å². The van der Waals surface area contributed by atoms with Gasteiger partial charge in [0.05, 0.1) is 0 Å². The number of anilines is 1. The van der Waals surface area contributed by atoms with Crippen LogP contribution in [-0.4, -0.2) is 17.0 Å². The van der Waals surface area contributed by atoms with Crippen LogP contribution in [0, 0.1) is 12.7 Å². The molecule has 2 aromatic rings. The summed E-state index contributed by atoms with van der Waals surface area (Å²) in [6.45, 7) is 1.71. The lowest BCUT2D eigenvalue weighted by Gasteiger charge is -2.05. The van der Waals surface area contributed by atoms with E-state index in [1.54, 1.807) is 13.0 Å². The fraction of sp³-hybridized carbons (Fsp3) is 0.0667. The normalized spacial score (nSPS) is 10.8. The van der Waals surface area contributed by atoms with Crippen molar-refractivity contribution in [3.63, 3.8) is 0 Å². The summed E-state index contributed by atoms with van der Waals surface area (Å²) in [5.41, 5.74) is 0.395. The number of carboxylic acid groups (broad SMARTS) is 1. The van der Waals surface area contributed by atoms with Crippen molar-refractivity contribution in [2.45, 2.75) is 6.92 Å². The zero-order valence-corrected chi connectivity index (χ0v) is 11.1. The van der Waals surface area contributed by atoms with Gasteiger partial charge in [0.25, 0.3) is 5.91 Å². The van der Waals surface area contributed by atoms with E-state index in [-0.39, 0.29) is 11.3 Å². The maximum absolute atomic E-state index is 13.5. The number of hydrogen-bond acceptors (Lipinski definition) is 3. The van der Waals surface area contributed by atoms with Crippen molar-refractivity contribution in [1.29, 1.82) is 0 Å². The van der Waals surface area contributed by atoms with E-state index in [4.69, 9.17) is 9.52 Å². The predicted octanol–water partition coefficient (Wildman–Crippen LogP) is 3.08. The Labute approximate surface area is 119 Å². The third-order valence-corrected chi connectivity index (χ3v) is 2.62. The standard InChI is InChI=1S/C15H12FNO4/c1-9-2-6-13(21-9)15(20)17-11-4-5-12(16)10(8-11)3-7-14(18)19/h2-8H,1H3,(H,17,20)(H,18,19)/b7-3+. The van der Waals surface area contributed by atoms with E-state index in [0.717, 1.165) is 18.2 Å². The second-order valence-electron chi connectivity index (χ2n) is 4.27. The summed E-state index contributed by atoms with van der Waals surface area (Å²) in [7, 11) is 0. The fourth-order valence-electron chi connectivity index (χ4n) is 1.66. The van der Waals surface area contributed by atoms with Crippen molar-refractivity contribution in [3.8, 4) is 0 Å². The molecule has 0 saturated carbocycles. The molecule has 0 radical (unpaired) electrons. The Morgan fingerprint density at radius 1 is 1.29 bits per heavy atom. The van der Waals surface area contributed by atoms with E-state index < -0.39 is 17.7 Å². The predicted molar refractivity (Wildman–Crippen MR) is 74.5 cm³/mol. The van der Waals surface area contributed by atoms with Crippen molar-refractivity contribution in [1.82, 2.24) is 0 Å². The first kappa shape index (κ1) is 14.5. The molecule has 1 heterocycles. The van der Waals surface area contributed by atoms with Crippen LogP contribution in [0.25, 0.3) is 6.08 Å². The smallest absolute Gasteiger partial charge is 0.328 e. The number of furan rings is 1. The van der Waals surface area contributed by atoms with Gasteiger partial charge in [-0.1, -0.05) is 0 Å². The molecule has 0 saturated heterocycles. The van der Waals surface area contributed by atoms with Gasteiger partial charge < -0.3 is 14.8 Å². The average molecular weight is 289 g/mol. The maximum atomic E-state index is 13.5. The van der Waals surface area contributed by atoms with Crippen LogP contribution in [0.5, 0.6) is 0 Å². The highest BCUT2D eigenvalue weighted by Crippen LogP contribution is 2.17. The summed E-state index contributed by atoms with van der Waals surface area (Å²) in [6, 6.07) is 7.04. The van der Waals surface area contributed by atoms with Gasteiger partial charge in [-0.25, -0.2) is 9.18 Å². The summed E-state index contributed by atoms with van der Waals surface area (Å²) in [4.78, 5) is 22.3. The van der Waals surface area contributed by atoms with Crippen LogP contribution in [-0.2, 0) is 4.79 Å². The monoisotopic (exact) mass is 289 g/mol. The average Bonchev–Trinajstić information content (AvgIpc) is 2.86. The van der Waals surface area contributed by atoms with Crippen molar-refractivity contribution < 1.29 is 23.5 Å². The molecule has 6 heteroatoms. The first-order valence-corrected chi connectivity index (χ1v) is 6.04. The minimum Gasteiger partial charge on any atom is -0.478 e. The summed E-state index contributed by atoms with van der Waals surface area (Å²) in [6.07, 6.45) is 1.93. The molecule has 5 nitrogen and oxygen atoms in total. The number of hydrogen-bond donors (Lipinski definition) is 2. The number of carbonyl (C=O) groups is 2. The molecule has 108 valence electrons. The van der Waals surface area contributed by atoms with Gasteiger partial charge in [0.1, 0.15) is 11.6 Å². The first-order chi connectivity index (χ1) is 9.95. The van der Waals surface area contributed by atoms with Crippen LogP contribution < -0.4 is 5.32 Å². The molecule has 2 rings (SSSR count). The van der Waals surface area contributed by atoms with Crippen molar-refractivity contribution in [3.05, 3.63) is 59.3 Å². The number of aryl methyl sites for hydroxylation is 1. The van der Waals surface area contributed by atoms with E-state index in [9.17, 15) is 14.0 Å². The Kier molecular flexibility index (Phi) is 4.18. The summed E-state index contributed by atoms with van der Waals surface area (Å²) in [5.74, 6) is -1.50. The Morgan fingerprint density at radius 3 is 2.67 bits per heavy atom. The molecule has 0 aliphatic carbocycles. The number of carbonyl (C=O) groups excluding carboxylic acids is 1. The van der Waals surface area contributed by atoms with Gasteiger partial charge in [-0.3, -0.25) is 4.79 Å². The molecule has 21 heavy (non-hydrogen) atoms. The Balaban J connectivity index is 2.19. The minimum absolute atomic E-state index is 0.0609. The molecular weight excluding hydrogens is 277 g/mol. The molecule has 0 fully saturated rings. The molecule has 1 amide bonds. The largest absolute Gasteiger partial charge is 0.478 e. The highest BCUT2D eigenvalue weighted by molar-refractivity contribution is 6.02. The number of aliphatic carboxylic acids is 1. The van der Waals surface area contributed by atoms with Crippen LogP contribution >= 0.6 is 0 Å². The molecule has 2 N–H and O–H groups in total. The molecule has 0 bridgehead atoms. The van der Waals surface area contributed by atoms with Gasteiger partial charge in [0.15, 0.2) is 5.76 Å². The first-order valence-electron chi connectivity index (χ1n) is 6.04. The third-order valence-electron chi connectivity index (χ3n) is 2.62. The van der Waals surface area contributed by atoms with Gasteiger partial charge in [0.2, 0.25) is 0 Å². The van der Waals surface area contributed by atoms with Gasteiger partial charge in [-0.15, -0.1) is 0 Å². The van der Waals surface area contributed by atoms with Crippen molar-refractivity contribution in [2.24, 2.45) is 0 Å². The maximum Gasteiger partial charge on any atom is 0.328 e. The quantitative estimate of drug-likeness (QED) is 0.848. The number of rotatable bonds is 4. The Bertz CT molecular complexity index is 718. The second kappa shape index (κ2) is 6.04. The van der Waals surface area contributed by atoms with E-state index >= 15 is 0 Å². The highest BCUT2D eigenvalue weighted by Gasteiger charge is 2.11. The van der Waals surface area contributed by atoms with E-state index in [1.807, 2.05) is 0 Å². The van der Waals surface area contributed by atoms with Gasteiger partial charge in [0, 0.05) is 17.3 Å². The Hall–Kier alpha value is -2.89.